The largest absolute Gasteiger partial charge is 0.508 e. The first-order valence-electron chi connectivity index (χ1n) is 8.55. The molecule has 0 spiro atoms. The van der Waals surface area contributed by atoms with Crippen molar-refractivity contribution in [3.05, 3.63) is 65.5 Å². The molecule has 1 aliphatic rings. The molecule has 0 saturated carbocycles. The normalized spacial score (nSPS) is 23.0. The maximum atomic E-state index is 13.1. The Labute approximate surface area is 151 Å². The summed E-state index contributed by atoms with van der Waals surface area (Å²) in [5, 5.41) is 29.9. The number of benzene rings is 2. The summed E-state index contributed by atoms with van der Waals surface area (Å²) >= 11 is 0. The smallest absolute Gasteiger partial charge is 0.253 e. The van der Waals surface area contributed by atoms with Crippen LogP contribution in [0.2, 0.25) is 0 Å². The van der Waals surface area contributed by atoms with Gasteiger partial charge in [0.2, 0.25) is 0 Å². The van der Waals surface area contributed by atoms with Gasteiger partial charge in [-0.05, 0) is 54.8 Å². The van der Waals surface area contributed by atoms with Crippen LogP contribution in [0.25, 0.3) is 0 Å². The Morgan fingerprint density at radius 2 is 1.81 bits per heavy atom. The van der Waals surface area contributed by atoms with E-state index >= 15 is 0 Å². The number of amides is 1. The number of carbonyl (C=O) groups excluding carboxylic acids is 1. The third kappa shape index (κ3) is 3.71. The molecule has 1 amide bonds. The van der Waals surface area contributed by atoms with Gasteiger partial charge in [0.25, 0.3) is 5.91 Å². The van der Waals surface area contributed by atoms with Crippen molar-refractivity contribution in [1.82, 2.24) is 4.90 Å². The zero-order valence-corrected chi connectivity index (χ0v) is 14.3. The molecule has 1 fully saturated rings. The summed E-state index contributed by atoms with van der Waals surface area (Å²) in [5.41, 5.74) is 0.328. The van der Waals surface area contributed by atoms with Crippen LogP contribution in [-0.4, -0.2) is 51.9 Å². The number of rotatable bonds is 4. The minimum atomic E-state index is -0.900. The summed E-state index contributed by atoms with van der Waals surface area (Å²) in [6.45, 7) is 0.290. The summed E-state index contributed by atoms with van der Waals surface area (Å²) in [7, 11) is 0. The van der Waals surface area contributed by atoms with Crippen LogP contribution in [0.5, 0.6) is 5.75 Å². The number of halogens is 1. The fraction of sp³-hybridized carbons (Fsp3) is 0.350. The van der Waals surface area contributed by atoms with E-state index < -0.39 is 11.5 Å². The monoisotopic (exact) mass is 359 g/mol. The quantitative estimate of drug-likeness (QED) is 0.780. The number of aliphatic hydroxyl groups is 2. The molecule has 1 heterocycles. The predicted molar refractivity (Wildman–Crippen MR) is 94.3 cm³/mol. The molecule has 3 rings (SSSR count). The molecule has 2 aromatic rings. The highest BCUT2D eigenvalue weighted by molar-refractivity contribution is 5.94. The molecule has 0 unspecified atom stereocenters. The molecular weight excluding hydrogens is 337 g/mol. The number of phenolic OH excluding ortho intramolecular Hbond substituents is 1. The average molecular weight is 359 g/mol. The number of likely N-dealkylation sites (tertiary alicyclic amines) is 1. The lowest BCUT2D eigenvalue weighted by atomic mass is 9.73. The fourth-order valence-electron chi connectivity index (χ4n) is 3.50. The molecule has 6 heteroatoms. The Balaban J connectivity index is 1.81. The second-order valence-electron chi connectivity index (χ2n) is 6.90. The van der Waals surface area contributed by atoms with Gasteiger partial charge in [-0.15, -0.1) is 0 Å². The molecular formula is C20H22FNO4. The van der Waals surface area contributed by atoms with Crippen LogP contribution in [-0.2, 0) is 6.42 Å². The van der Waals surface area contributed by atoms with Crippen molar-refractivity contribution in [2.24, 2.45) is 5.41 Å². The van der Waals surface area contributed by atoms with Gasteiger partial charge in [-0.1, -0.05) is 12.1 Å². The van der Waals surface area contributed by atoms with Crippen molar-refractivity contribution in [3.8, 4) is 5.75 Å². The van der Waals surface area contributed by atoms with Crippen LogP contribution in [0.3, 0.4) is 0 Å². The van der Waals surface area contributed by atoms with Crippen LogP contribution in [0.4, 0.5) is 4.39 Å². The Kier molecular flexibility index (Phi) is 5.25. The highest BCUT2D eigenvalue weighted by Gasteiger charge is 2.43. The topological polar surface area (TPSA) is 81.0 Å². The summed E-state index contributed by atoms with van der Waals surface area (Å²) in [4.78, 5) is 14.4. The summed E-state index contributed by atoms with van der Waals surface area (Å²) in [6, 6.07) is 11.9. The first-order valence-corrected chi connectivity index (χ1v) is 8.55. The Bertz CT molecular complexity index is 762. The van der Waals surface area contributed by atoms with Gasteiger partial charge in [-0.3, -0.25) is 4.79 Å². The van der Waals surface area contributed by atoms with Crippen LogP contribution in [0.1, 0.15) is 22.3 Å². The van der Waals surface area contributed by atoms with Gasteiger partial charge in [-0.2, -0.15) is 0 Å². The number of piperidine rings is 1. The van der Waals surface area contributed by atoms with E-state index in [0.29, 0.717) is 24.9 Å². The van der Waals surface area contributed by atoms with Crippen molar-refractivity contribution in [2.45, 2.75) is 18.9 Å². The highest BCUT2D eigenvalue weighted by atomic mass is 19.1. The van der Waals surface area contributed by atoms with Gasteiger partial charge in [0.05, 0.1) is 12.7 Å². The first kappa shape index (κ1) is 18.4. The third-order valence-corrected chi connectivity index (χ3v) is 5.07. The third-order valence-electron chi connectivity index (χ3n) is 5.07. The number of nitrogens with zero attached hydrogens (tertiary/aromatic N) is 1. The van der Waals surface area contributed by atoms with E-state index in [-0.39, 0.29) is 30.6 Å². The minimum absolute atomic E-state index is 0.0802. The number of aliphatic hydroxyl groups excluding tert-OH is 2. The first-order chi connectivity index (χ1) is 12.4. The van der Waals surface area contributed by atoms with E-state index in [0.717, 1.165) is 5.56 Å². The average Bonchev–Trinajstić information content (AvgIpc) is 2.65. The number of aromatic hydroxyl groups is 1. The SMILES string of the molecule is O=C(c1ccc(O)cc1)N1CC[C@H](O)[C@@](CO)(Cc2ccc(F)cc2)C1. The van der Waals surface area contributed by atoms with Crippen LogP contribution >= 0.6 is 0 Å². The lowest BCUT2D eigenvalue weighted by Crippen LogP contribution is -2.56. The molecule has 26 heavy (non-hydrogen) atoms. The van der Waals surface area contributed by atoms with Gasteiger partial charge in [0.1, 0.15) is 11.6 Å². The van der Waals surface area contributed by atoms with Gasteiger partial charge < -0.3 is 20.2 Å². The van der Waals surface area contributed by atoms with Crippen LogP contribution < -0.4 is 0 Å². The maximum absolute atomic E-state index is 13.1. The molecule has 0 aliphatic carbocycles. The molecule has 1 aliphatic heterocycles. The van der Waals surface area contributed by atoms with Crippen molar-refractivity contribution in [2.75, 3.05) is 19.7 Å². The molecule has 0 aromatic heterocycles. The van der Waals surface area contributed by atoms with E-state index in [4.69, 9.17) is 0 Å². The van der Waals surface area contributed by atoms with Gasteiger partial charge in [0.15, 0.2) is 0 Å². The molecule has 138 valence electrons. The lowest BCUT2D eigenvalue weighted by Gasteiger charge is -2.45. The Hall–Kier alpha value is -2.44. The van der Waals surface area contributed by atoms with E-state index in [1.165, 1.54) is 24.3 Å². The molecule has 3 N–H and O–H groups in total. The standard InChI is InChI=1S/C20H22FNO4/c21-16-5-1-14(2-6-16)11-20(13-23)12-22(10-9-18(20)25)19(26)15-3-7-17(24)8-4-15/h1-8,18,23-25H,9-13H2/t18-,20-/m0/s1. The van der Waals surface area contributed by atoms with Crippen molar-refractivity contribution < 1.29 is 24.5 Å². The maximum Gasteiger partial charge on any atom is 0.253 e. The van der Waals surface area contributed by atoms with E-state index in [1.54, 1.807) is 29.2 Å². The second-order valence-corrected chi connectivity index (χ2v) is 6.90. The van der Waals surface area contributed by atoms with Gasteiger partial charge in [0, 0.05) is 24.1 Å². The van der Waals surface area contributed by atoms with Crippen LogP contribution in [0.15, 0.2) is 48.5 Å². The Morgan fingerprint density at radius 1 is 1.15 bits per heavy atom. The number of phenols is 1. The predicted octanol–water partition coefficient (Wildman–Crippen LogP) is 1.96. The Morgan fingerprint density at radius 3 is 2.42 bits per heavy atom. The number of carbonyl (C=O) groups is 1. The van der Waals surface area contributed by atoms with Crippen molar-refractivity contribution in [1.29, 1.82) is 0 Å². The lowest BCUT2D eigenvalue weighted by molar-refractivity contribution is -0.0668. The van der Waals surface area contributed by atoms with Gasteiger partial charge in [-0.25, -0.2) is 4.39 Å². The molecule has 0 bridgehead atoms. The molecule has 1 saturated heterocycles. The van der Waals surface area contributed by atoms with E-state index in [2.05, 4.69) is 0 Å². The number of hydrogen-bond acceptors (Lipinski definition) is 4. The molecule has 2 aromatic carbocycles. The van der Waals surface area contributed by atoms with Crippen molar-refractivity contribution in [3.63, 3.8) is 0 Å². The molecule has 0 radical (unpaired) electrons. The summed E-state index contributed by atoms with van der Waals surface area (Å²) in [5.74, 6) is -0.481. The minimum Gasteiger partial charge on any atom is -0.508 e. The summed E-state index contributed by atoms with van der Waals surface area (Å²) in [6.07, 6.45) is -0.0722. The van der Waals surface area contributed by atoms with Crippen molar-refractivity contribution >= 4 is 5.91 Å². The zero-order chi connectivity index (χ0) is 18.7. The van der Waals surface area contributed by atoms with Gasteiger partial charge >= 0.3 is 0 Å². The van der Waals surface area contributed by atoms with E-state index in [1.807, 2.05) is 0 Å². The number of hydrogen-bond donors (Lipinski definition) is 3. The zero-order valence-electron chi connectivity index (χ0n) is 14.3. The van der Waals surface area contributed by atoms with Crippen LogP contribution in [0, 0.1) is 11.2 Å². The fourth-order valence-corrected chi connectivity index (χ4v) is 3.50. The summed E-state index contributed by atoms with van der Waals surface area (Å²) < 4.78 is 13.1. The van der Waals surface area contributed by atoms with E-state index in [9.17, 15) is 24.5 Å². The molecule has 2 atom stereocenters. The highest BCUT2D eigenvalue weighted by Crippen LogP contribution is 2.34. The second kappa shape index (κ2) is 7.43. The molecule has 5 nitrogen and oxygen atoms in total.